The molecule has 0 saturated carbocycles. The van der Waals surface area contributed by atoms with Gasteiger partial charge in [0.15, 0.2) is 0 Å². The van der Waals surface area contributed by atoms with Crippen LogP contribution < -0.4 is 10.1 Å². The number of anilines is 1. The van der Waals surface area contributed by atoms with E-state index in [9.17, 15) is 4.79 Å². The largest absolute Gasteiger partial charge is 0.479 e. The summed E-state index contributed by atoms with van der Waals surface area (Å²) < 4.78 is 8.52. The van der Waals surface area contributed by atoms with E-state index in [0.717, 1.165) is 11.3 Å². The molecule has 0 fully saturated rings. The van der Waals surface area contributed by atoms with Gasteiger partial charge in [0.25, 0.3) is 5.91 Å². The third-order valence-electron chi connectivity index (χ3n) is 3.79. The van der Waals surface area contributed by atoms with E-state index >= 15 is 0 Å². The number of aryl methyl sites for hydroxylation is 3. The number of carbonyl (C=O) groups is 1. The first-order valence-electron chi connectivity index (χ1n) is 7.83. The lowest BCUT2D eigenvalue weighted by Gasteiger charge is -2.07. The normalized spacial score (nSPS) is 10.7. The third kappa shape index (κ3) is 3.52. The molecule has 3 aromatic rings. The van der Waals surface area contributed by atoms with Crippen molar-refractivity contribution in [2.45, 2.75) is 20.4 Å². The number of carbonyl (C=O) groups excluding carboxylic acids is 1. The van der Waals surface area contributed by atoms with Gasteiger partial charge in [-0.15, -0.1) is 5.10 Å². The second-order valence-electron chi connectivity index (χ2n) is 5.84. The average molecular weight is 340 g/mol. The third-order valence-corrected chi connectivity index (χ3v) is 3.79. The molecule has 8 heteroatoms. The minimum atomic E-state index is -0.394. The highest BCUT2D eigenvalue weighted by atomic mass is 16.5. The topological polar surface area (TPSA) is 86.9 Å². The molecule has 130 valence electrons. The SMILES string of the molecule is COc1c(C(=O)Nc2cc(C)nn2C)nnn1Cc1ccc(C)cc1. The lowest BCUT2D eigenvalue weighted by atomic mass is 10.1. The molecule has 2 heterocycles. The molecule has 0 atom stereocenters. The Morgan fingerprint density at radius 1 is 1.24 bits per heavy atom. The summed E-state index contributed by atoms with van der Waals surface area (Å²) >= 11 is 0. The van der Waals surface area contributed by atoms with Crippen molar-refractivity contribution in [3.05, 3.63) is 52.8 Å². The molecule has 1 aromatic carbocycles. The van der Waals surface area contributed by atoms with E-state index < -0.39 is 5.91 Å². The van der Waals surface area contributed by atoms with Crippen LogP contribution in [0, 0.1) is 13.8 Å². The molecular formula is C17H20N6O2. The van der Waals surface area contributed by atoms with E-state index in [1.807, 2.05) is 38.1 Å². The van der Waals surface area contributed by atoms with E-state index in [2.05, 4.69) is 20.7 Å². The second-order valence-corrected chi connectivity index (χ2v) is 5.84. The van der Waals surface area contributed by atoms with Gasteiger partial charge in [0.1, 0.15) is 5.82 Å². The molecule has 0 spiro atoms. The molecule has 8 nitrogen and oxygen atoms in total. The molecular weight excluding hydrogens is 320 g/mol. The quantitative estimate of drug-likeness (QED) is 0.767. The molecule has 0 unspecified atom stereocenters. The number of hydrogen-bond donors (Lipinski definition) is 1. The van der Waals surface area contributed by atoms with Crippen LogP contribution in [0.3, 0.4) is 0 Å². The van der Waals surface area contributed by atoms with E-state index in [4.69, 9.17) is 4.74 Å². The van der Waals surface area contributed by atoms with Crippen LogP contribution in [0.1, 0.15) is 27.3 Å². The van der Waals surface area contributed by atoms with Crippen LogP contribution in [0.25, 0.3) is 0 Å². The van der Waals surface area contributed by atoms with Gasteiger partial charge in [0, 0.05) is 13.1 Å². The summed E-state index contributed by atoms with van der Waals surface area (Å²) in [4.78, 5) is 12.5. The fourth-order valence-electron chi connectivity index (χ4n) is 2.52. The monoisotopic (exact) mass is 340 g/mol. The van der Waals surface area contributed by atoms with Gasteiger partial charge in [-0.2, -0.15) is 5.10 Å². The number of benzene rings is 1. The first-order valence-corrected chi connectivity index (χ1v) is 7.83. The molecule has 0 aliphatic heterocycles. The summed E-state index contributed by atoms with van der Waals surface area (Å²) in [5, 5.41) is 15.0. The highest BCUT2D eigenvalue weighted by Gasteiger charge is 2.22. The Morgan fingerprint density at radius 3 is 2.56 bits per heavy atom. The number of nitrogens with one attached hydrogen (secondary N) is 1. The predicted octanol–water partition coefficient (Wildman–Crippen LogP) is 1.94. The fourth-order valence-corrected chi connectivity index (χ4v) is 2.52. The van der Waals surface area contributed by atoms with E-state index in [0.29, 0.717) is 18.2 Å². The Hall–Kier alpha value is -3.16. The first kappa shape index (κ1) is 16.7. The van der Waals surface area contributed by atoms with Crippen molar-refractivity contribution in [1.82, 2.24) is 24.8 Å². The lowest BCUT2D eigenvalue weighted by molar-refractivity contribution is 0.101. The number of hydrogen-bond acceptors (Lipinski definition) is 5. The smallest absolute Gasteiger partial charge is 0.283 e. The molecule has 3 rings (SSSR count). The van der Waals surface area contributed by atoms with Crippen molar-refractivity contribution in [2.24, 2.45) is 7.05 Å². The van der Waals surface area contributed by atoms with Crippen molar-refractivity contribution in [1.29, 1.82) is 0 Å². The maximum Gasteiger partial charge on any atom is 0.283 e. The maximum atomic E-state index is 12.5. The van der Waals surface area contributed by atoms with Crippen LogP contribution in [-0.4, -0.2) is 37.8 Å². The molecule has 0 aliphatic carbocycles. The second kappa shape index (κ2) is 6.76. The van der Waals surface area contributed by atoms with E-state index in [1.165, 1.54) is 12.7 Å². The summed E-state index contributed by atoms with van der Waals surface area (Å²) in [5.41, 5.74) is 3.17. The summed E-state index contributed by atoms with van der Waals surface area (Å²) in [7, 11) is 3.25. The molecule has 2 aromatic heterocycles. The minimum Gasteiger partial charge on any atom is -0.479 e. The van der Waals surface area contributed by atoms with Crippen molar-refractivity contribution in [2.75, 3.05) is 12.4 Å². The Morgan fingerprint density at radius 2 is 1.96 bits per heavy atom. The van der Waals surface area contributed by atoms with Crippen molar-refractivity contribution < 1.29 is 9.53 Å². The lowest BCUT2D eigenvalue weighted by Crippen LogP contribution is -2.16. The van der Waals surface area contributed by atoms with Crippen LogP contribution in [-0.2, 0) is 13.6 Å². The van der Waals surface area contributed by atoms with Gasteiger partial charge in [0.05, 0.1) is 19.3 Å². The molecule has 0 saturated heterocycles. The summed E-state index contributed by atoms with van der Waals surface area (Å²) in [5.74, 6) is 0.504. The van der Waals surface area contributed by atoms with Gasteiger partial charge in [0.2, 0.25) is 11.6 Å². The molecule has 1 N–H and O–H groups in total. The van der Waals surface area contributed by atoms with Gasteiger partial charge in [-0.25, -0.2) is 4.68 Å². The predicted molar refractivity (Wildman–Crippen MR) is 92.8 cm³/mol. The number of rotatable bonds is 5. The van der Waals surface area contributed by atoms with Gasteiger partial charge < -0.3 is 10.1 Å². The van der Waals surface area contributed by atoms with Crippen LogP contribution in [0.2, 0.25) is 0 Å². The number of amides is 1. The molecule has 1 amide bonds. The molecule has 0 bridgehead atoms. The molecule has 0 radical (unpaired) electrons. The number of aromatic nitrogens is 5. The van der Waals surface area contributed by atoms with Gasteiger partial charge in [-0.05, 0) is 19.4 Å². The molecule has 25 heavy (non-hydrogen) atoms. The van der Waals surface area contributed by atoms with Crippen molar-refractivity contribution in [3.8, 4) is 5.88 Å². The average Bonchev–Trinajstić information content (AvgIpc) is 3.12. The van der Waals surface area contributed by atoms with Crippen LogP contribution in [0.5, 0.6) is 5.88 Å². The number of nitrogens with zero attached hydrogens (tertiary/aromatic N) is 5. The van der Waals surface area contributed by atoms with E-state index in [1.54, 1.807) is 22.5 Å². The minimum absolute atomic E-state index is 0.133. The number of methoxy groups -OCH3 is 1. The highest BCUT2D eigenvalue weighted by molar-refractivity contribution is 6.03. The number of ether oxygens (including phenoxy) is 1. The summed E-state index contributed by atoms with van der Waals surface area (Å²) in [6, 6.07) is 9.85. The fraction of sp³-hybridized carbons (Fsp3) is 0.294. The van der Waals surface area contributed by atoms with Crippen molar-refractivity contribution in [3.63, 3.8) is 0 Å². The van der Waals surface area contributed by atoms with Crippen LogP contribution in [0.15, 0.2) is 30.3 Å². The zero-order valence-electron chi connectivity index (χ0n) is 14.6. The summed E-state index contributed by atoms with van der Waals surface area (Å²) in [6.07, 6.45) is 0. The Balaban J connectivity index is 1.82. The zero-order valence-corrected chi connectivity index (χ0v) is 14.6. The van der Waals surface area contributed by atoms with Crippen molar-refractivity contribution >= 4 is 11.7 Å². The molecule has 0 aliphatic rings. The van der Waals surface area contributed by atoms with Crippen LogP contribution >= 0.6 is 0 Å². The Labute approximate surface area is 145 Å². The summed E-state index contributed by atoms with van der Waals surface area (Å²) in [6.45, 7) is 4.35. The van der Waals surface area contributed by atoms with Crippen LogP contribution in [0.4, 0.5) is 5.82 Å². The van der Waals surface area contributed by atoms with Gasteiger partial charge in [-0.3, -0.25) is 9.48 Å². The first-order chi connectivity index (χ1) is 12.0. The van der Waals surface area contributed by atoms with E-state index in [-0.39, 0.29) is 5.69 Å². The standard InChI is InChI=1S/C17H20N6O2/c1-11-5-7-13(8-6-11)10-23-17(25-4)15(19-21-23)16(24)18-14-9-12(2)20-22(14)3/h5-9H,10H2,1-4H3,(H,18,24). The Bertz CT molecular complexity index is 895. The highest BCUT2D eigenvalue weighted by Crippen LogP contribution is 2.19. The zero-order chi connectivity index (χ0) is 18.0. The Kier molecular flexibility index (Phi) is 4.51. The van der Waals surface area contributed by atoms with Gasteiger partial charge >= 0.3 is 0 Å². The van der Waals surface area contributed by atoms with Gasteiger partial charge in [-0.1, -0.05) is 35.0 Å². The maximum absolute atomic E-state index is 12.5.